The van der Waals surface area contributed by atoms with Crippen molar-refractivity contribution in [3.05, 3.63) is 60.1 Å². The van der Waals surface area contributed by atoms with E-state index in [2.05, 4.69) is 19.1 Å². The number of nitrogens with zero attached hydrogens (tertiary/aromatic N) is 1. The van der Waals surface area contributed by atoms with Crippen LogP contribution in [0.1, 0.15) is 30.5 Å². The van der Waals surface area contributed by atoms with Crippen molar-refractivity contribution in [1.82, 2.24) is 4.90 Å². The third kappa shape index (κ3) is 2.69. The number of hydrogen-bond donors (Lipinski definition) is 0. The van der Waals surface area contributed by atoms with Gasteiger partial charge >= 0.3 is 6.09 Å². The van der Waals surface area contributed by atoms with E-state index in [1.165, 1.54) is 0 Å². The molecule has 2 aromatic rings. The van der Waals surface area contributed by atoms with Crippen LogP contribution in [-0.2, 0) is 16.1 Å². The Morgan fingerprint density at radius 3 is 2.83 bits per heavy atom. The molecule has 0 saturated carbocycles. The van der Waals surface area contributed by atoms with Crippen molar-refractivity contribution in [3.63, 3.8) is 0 Å². The van der Waals surface area contributed by atoms with Gasteiger partial charge in [-0.1, -0.05) is 37.3 Å². The summed E-state index contributed by atoms with van der Waals surface area (Å²) in [5, 5.41) is 0. The van der Waals surface area contributed by atoms with Gasteiger partial charge in [-0.25, -0.2) is 4.79 Å². The summed E-state index contributed by atoms with van der Waals surface area (Å²) in [6, 6.07) is 12.1. The van der Waals surface area contributed by atoms with Gasteiger partial charge in [0.05, 0.1) is 37.3 Å². The van der Waals surface area contributed by atoms with E-state index in [0.717, 1.165) is 17.5 Å². The van der Waals surface area contributed by atoms with Crippen molar-refractivity contribution >= 4 is 6.09 Å². The Kier molecular flexibility index (Phi) is 4.02. The second-order valence-corrected chi connectivity index (χ2v) is 6.55. The average Bonchev–Trinajstić information content (AvgIpc) is 3.26. The lowest BCUT2D eigenvalue weighted by molar-refractivity contribution is -0.0632. The SMILES string of the molecule is C[C@@H]1[C@H](OCc2ccccc2)C[C@@H](c2ccoc2)N2C(=O)OC[C@@H]12. The quantitative estimate of drug-likeness (QED) is 0.858. The molecule has 0 unspecified atom stereocenters. The zero-order chi connectivity index (χ0) is 16.5. The maximum absolute atomic E-state index is 12.2. The fraction of sp³-hybridized carbons (Fsp3) is 0.421. The number of ether oxygens (including phenoxy) is 2. The molecule has 2 fully saturated rings. The Labute approximate surface area is 141 Å². The molecular formula is C19H21NO4. The number of carbonyl (C=O) groups excluding carboxylic acids is 1. The fourth-order valence-electron chi connectivity index (χ4n) is 3.77. The summed E-state index contributed by atoms with van der Waals surface area (Å²) in [5.41, 5.74) is 2.16. The molecule has 0 radical (unpaired) electrons. The predicted molar refractivity (Wildman–Crippen MR) is 87.2 cm³/mol. The van der Waals surface area contributed by atoms with Crippen LogP contribution in [0, 0.1) is 5.92 Å². The topological polar surface area (TPSA) is 51.9 Å². The summed E-state index contributed by atoms with van der Waals surface area (Å²) in [7, 11) is 0. The number of rotatable bonds is 4. The minimum Gasteiger partial charge on any atom is -0.472 e. The second kappa shape index (κ2) is 6.32. The number of hydrogen-bond acceptors (Lipinski definition) is 4. The van der Waals surface area contributed by atoms with Crippen molar-refractivity contribution < 1.29 is 18.7 Å². The Morgan fingerprint density at radius 1 is 1.25 bits per heavy atom. The lowest BCUT2D eigenvalue weighted by Crippen LogP contribution is -2.51. The number of carbonyl (C=O) groups is 1. The van der Waals surface area contributed by atoms with Crippen LogP contribution in [0.15, 0.2) is 53.3 Å². The van der Waals surface area contributed by atoms with Gasteiger partial charge in [0.2, 0.25) is 0 Å². The molecule has 24 heavy (non-hydrogen) atoms. The summed E-state index contributed by atoms with van der Waals surface area (Å²) in [5.74, 6) is 0.225. The Morgan fingerprint density at radius 2 is 2.08 bits per heavy atom. The van der Waals surface area contributed by atoms with Gasteiger partial charge < -0.3 is 13.9 Å². The lowest BCUT2D eigenvalue weighted by Gasteiger charge is -2.43. The highest BCUT2D eigenvalue weighted by Crippen LogP contribution is 2.42. The first-order valence-corrected chi connectivity index (χ1v) is 8.37. The maximum atomic E-state index is 12.2. The summed E-state index contributed by atoms with van der Waals surface area (Å²) in [4.78, 5) is 14.0. The van der Waals surface area contributed by atoms with Gasteiger partial charge in [-0.2, -0.15) is 0 Å². The highest BCUT2D eigenvalue weighted by Gasteiger charge is 2.49. The summed E-state index contributed by atoms with van der Waals surface area (Å²) >= 11 is 0. The number of amides is 1. The van der Waals surface area contributed by atoms with Gasteiger partial charge in [-0.3, -0.25) is 4.90 Å². The molecule has 1 amide bonds. The van der Waals surface area contributed by atoms with Crippen LogP contribution in [0.3, 0.4) is 0 Å². The van der Waals surface area contributed by atoms with Crippen molar-refractivity contribution in [1.29, 1.82) is 0 Å². The summed E-state index contributed by atoms with van der Waals surface area (Å²) in [6.45, 7) is 3.15. The van der Waals surface area contributed by atoms with E-state index in [9.17, 15) is 4.79 Å². The largest absolute Gasteiger partial charge is 0.472 e. The van der Waals surface area contributed by atoms with Crippen molar-refractivity contribution in [2.75, 3.05) is 6.61 Å². The molecule has 5 heteroatoms. The first kappa shape index (κ1) is 15.3. The second-order valence-electron chi connectivity index (χ2n) is 6.55. The van der Waals surface area contributed by atoms with Crippen molar-refractivity contribution in [2.24, 2.45) is 5.92 Å². The highest BCUT2D eigenvalue weighted by molar-refractivity contribution is 5.71. The van der Waals surface area contributed by atoms with Crippen LogP contribution < -0.4 is 0 Å². The molecule has 5 nitrogen and oxygen atoms in total. The van der Waals surface area contributed by atoms with Gasteiger partial charge in [-0.05, 0) is 18.1 Å². The fourth-order valence-corrected chi connectivity index (χ4v) is 3.77. The van der Waals surface area contributed by atoms with Crippen LogP contribution >= 0.6 is 0 Å². The molecule has 2 aliphatic heterocycles. The highest BCUT2D eigenvalue weighted by atomic mass is 16.6. The number of fused-ring (bicyclic) bond motifs is 1. The van der Waals surface area contributed by atoms with Gasteiger partial charge in [0.15, 0.2) is 0 Å². The predicted octanol–water partition coefficient (Wildman–Crippen LogP) is 3.77. The molecule has 1 aromatic carbocycles. The number of furan rings is 1. The minimum atomic E-state index is -0.237. The molecule has 4 atom stereocenters. The zero-order valence-corrected chi connectivity index (χ0v) is 13.6. The Bertz CT molecular complexity index is 685. The zero-order valence-electron chi connectivity index (χ0n) is 13.6. The van der Waals surface area contributed by atoms with E-state index in [0.29, 0.717) is 13.2 Å². The lowest BCUT2D eigenvalue weighted by atomic mass is 9.83. The van der Waals surface area contributed by atoms with E-state index in [1.807, 2.05) is 29.2 Å². The molecule has 2 aliphatic rings. The van der Waals surface area contributed by atoms with Crippen molar-refractivity contribution in [2.45, 2.75) is 38.1 Å². The molecule has 1 aromatic heterocycles. The van der Waals surface area contributed by atoms with Gasteiger partial charge in [0.1, 0.15) is 6.61 Å². The first-order valence-electron chi connectivity index (χ1n) is 8.37. The van der Waals surface area contributed by atoms with Crippen LogP contribution in [0.4, 0.5) is 4.79 Å². The van der Waals surface area contributed by atoms with Crippen LogP contribution in [0.2, 0.25) is 0 Å². The Hall–Kier alpha value is -2.27. The molecule has 3 heterocycles. The molecule has 0 aliphatic carbocycles. The van der Waals surface area contributed by atoms with Crippen LogP contribution in [0.25, 0.3) is 0 Å². The van der Waals surface area contributed by atoms with E-state index < -0.39 is 0 Å². The molecular weight excluding hydrogens is 306 g/mol. The number of cyclic esters (lactones) is 1. The molecule has 0 N–H and O–H groups in total. The van der Waals surface area contributed by atoms with Crippen LogP contribution in [-0.4, -0.2) is 29.7 Å². The smallest absolute Gasteiger partial charge is 0.410 e. The van der Waals surface area contributed by atoms with E-state index >= 15 is 0 Å². The van der Waals surface area contributed by atoms with E-state index in [1.54, 1.807) is 12.5 Å². The number of benzene rings is 1. The monoisotopic (exact) mass is 327 g/mol. The molecule has 0 bridgehead atoms. The molecule has 0 spiro atoms. The molecule has 126 valence electrons. The molecule has 4 rings (SSSR count). The summed E-state index contributed by atoms with van der Waals surface area (Å²) < 4.78 is 16.8. The van der Waals surface area contributed by atoms with Gasteiger partial charge in [0.25, 0.3) is 0 Å². The van der Waals surface area contributed by atoms with Gasteiger partial charge in [0, 0.05) is 11.5 Å². The van der Waals surface area contributed by atoms with E-state index in [4.69, 9.17) is 13.9 Å². The molecule has 2 saturated heterocycles. The third-order valence-electron chi connectivity index (χ3n) is 5.17. The van der Waals surface area contributed by atoms with Crippen LogP contribution in [0.5, 0.6) is 0 Å². The maximum Gasteiger partial charge on any atom is 0.410 e. The number of piperidine rings is 1. The van der Waals surface area contributed by atoms with E-state index in [-0.39, 0.29) is 30.2 Å². The minimum absolute atomic E-state index is 0.0481. The first-order chi connectivity index (χ1) is 11.7. The summed E-state index contributed by atoms with van der Waals surface area (Å²) in [6.07, 6.45) is 3.93. The average molecular weight is 327 g/mol. The third-order valence-corrected chi connectivity index (χ3v) is 5.17. The normalized spacial score (nSPS) is 29.4. The standard InChI is InChI=1S/C19H21NO4/c1-13-17-12-24-19(21)20(17)16(15-7-8-22-11-15)9-18(13)23-10-14-5-3-2-4-6-14/h2-8,11,13,16-18H,9-10,12H2,1H3/t13-,16-,17-,18+/m0/s1. The Balaban J connectivity index is 1.54. The van der Waals surface area contributed by atoms with Gasteiger partial charge in [-0.15, -0.1) is 0 Å². The van der Waals surface area contributed by atoms with Crippen molar-refractivity contribution in [3.8, 4) is 0 Å².